The van der Waals surface area contributed by atoms with Crippen LogP contribution in [0.25, 0.3) is 0 Å². The van der Waals surface area contributed by atoms with Gasteiger partial charge in [-0.3, -0.25) is 4.79 Å². The Hall–Kier alpha value is -1.52. The van der Waals surface area contributed by atoms with Crippen molar-refractivity contribution in [2.45, 2.75) is 18.9 Å². The first-order chi connectivity index (χ1) is 8.10. The number of Topliss-reactive ketones (excluding diaryl/α,β-unsaturated/α-hetero) is 1. The monoisotopic (exact) mass is 246 g/mol. The maximum atomic E-state index is 12.2. The molecule has 88 valence electrons. The average molecular weight is 246 g/mol. The van der Waals surface area contributed by atoms with Gasteiger partial charge in [-0.25, -0.2) is 4.98 Å². The summed E-state index contributed by atoms with van der Waals surface area (Å²) < 4.78 is 0. The fourth-order valence-corrected chi connectivity index (χ4v) is 2.22. The van der Waals surface area contributed by atoms with Crippen molar-refractivity contribution in [2.24, 2.45) is 5.73 Å². The fourth-order valence-electron chi connectivity index (χ4n) is 1.61. The third-order valence-corrected chi connectivity index (χ3v) is 3.53. The first-order valence-corrected chi connectivity index (χ1v) is 6.25. The Balaban J connectivity index is 2.18. The molecule has 17 heavy (non-hydrogen) atoms. The number of hydrogen-bond donors (Lipinski definition) is 1. The molecule has 1 aromatic heterocycles. The normalized spacial score (nSPS) is 14.2. The van der Waals surface area contributed by atoms with Crippen molar-refractivity contribution in [3.05, 3.63) is 52.5 Å². The van der Waals surface area contributed by atoms with Gasteiger partial charge in [-0.15, -0.1) is 11.3 Å². The van der Waals surface area contributed by atoms with E-state index in [4.69, 9.17) is 5.73 Å². The van der Waals surface area contributed by atoms with Crippen molar-refractivity contribution < 1.29 is 4.79 Å². The largest absolute Gasteiger partial charge is 0.315 e. The minimum atomic E-state index is -0.951. The summed E-state index contributed by atoms with van der Waals surface area (Å²) in [5.74, 6) is -0.0151. The third kappa shape index (κ3) is 2.60. The first kappa shape index (κ1) is 12.0. The number of benzene rings is 1. The number of rotatable bonds is 4. The van der Waals surface area contributed by atoms with Gasteiger partial charge in [0.05, 0.1) is 17.0 Å². The first-order valence-electron chi connectivity index (χ1n) is 5.37. The SMILES string of the molecule is CC(N)(C(=O)Cc1nccs1)c1ccccc1. The Morgan fingerprint density at radius 3 is 2.71 bits per heavy atom. The van der Waals surface area contributed by atoms with Crippen molar-refractivity contribution in [3.8, 4) is 0 Å². The quantitative estimate of drug-likeness (QED) is 0.899. The predicted octanol–water partition coefficient (Wildman–Crippen LogP) is 2.13. The maximum absolute atomic E-state index is 12.2. The lowest BCUT2D eigenvalue weighted by atomic mass is 9.87. The molecule has 0 radical (unpaired) electrons. The van der Waals surface area contributed by atoms with Crippen molar-refractivity contribution in [2.75, 3.05) is 0 Å². The molecule has 0 amide bonds. The minimum absolute atomic E-state index is 0.0151. The lowest BCUT2D eigenvalue weighted by Gasteiger charge is -2.23. The zero-order valence-corrected chi connectivity index (χ0v) is 10.4. The molecule has 1 heterocycles. The van der Waals surface area contributed by atoms with Crippen LogP contribution in [0.5, 0.6) is 0 Å². The highest BCUT2D eigenvalue weighted by atomic mass is 32.1. The van der Waals surface area contributed by atoms with E-state index in [0.717, 1.165) is 10.6 Å². The van der Waals surface area contributed by atoms with Gasteiger partial charge in [0, 0.05) is 11.6 Å². The molecule has 1 aromatic carbocycles. The van der Waals surface area contributed by atoms with Crippen molar-refractivity contribution in [1.82, 2.24) is 4.98 Å². The second-order valence-corrected chi connectivity index (χ2v) is 5.07. The second-order valence-electron chi connectivity index (χ2n) is 4.09. The highest BCUT2D eigenvalue weighted by Crippen LogP contribution is 2.21. The van der Waals surface area contributed by atoms with Crippen LogP contribution >= 0.6 is 11.3 Å². The Morgan fingerprint density at radius 2 is 2.12 bits per heavy atom. The van der Waals surface area contributed by atoms with Crippen molar-refractivity contribution in [3.63, 3.8) is 0 Å². The molecular formula is C13H14N2OS. The maximum Gasteiger partial charge on any atom is 0.163 e. The topological polar surface area (TPSA) is 56.0 Å². The number of carbonyl (C=O) groups excluding carboxylic acids is 1. The van der Waals surface area contributed by atoms with E-state index in [9.17, 15) is 4.79 Å². The lowest BCUT2D eigenvalue weighted by molar-refractivity contribution is -0.123. The zero-order valence-electron chi connectivity index (χ0n) is 9.59. The van der Waals surface area contributed by atoms with Gasteiger partial charge in [-0.05, 0) is 12.5 Å². The van der Waals surface area contributed by atoms with Crippen LogP contribution in [0.4, 0.5) is 0 Å². The predicted molar refractivity (Wildman–Crippen MR) is 68.8 cm³/mol. The van der Waals surface area contributed by atoms with Crippen LogP contribution in [-0.4, -0.2) is 10.8 Å². The molecule has 1 atom stereocenters. The number of aromatic nitrogens is 1. The molecule has 2 N–H and O–H groups in total. The van der Waals surface area contributed by atoms with Gasteiger partial charge in [0.25, 0.3) is 0 Å². The lowest BCUT2D eigenvalue weighted by Crippen LogP contribution is -2.42. The number of nitrogens with zero attached hydrogens (tertiary/aromatic N) is 1. The summed E-state index contributed by atoms with van der Waals surface area (Å²) in [6.45, 7) is 1.75. The highest BCUT2D eigenvalue weighted by Gasteiger charge is 2.30. The Morgan fingerprint density at radius 1 is 1.41 bits per heavy atom. The van der Waals surface area contributed by atoms with Crippen LogP contribution in [-0.2, 0) is 16.8 Å². The van der Waals surface area contributed by atoms with Gasteiger partial charge in [-0.1, -0.05) is 30.3 Å². The number of hydrogen-bond acceptors (Lipinski definition) is 4. The van der Waals surface area contributed by atoms with E-state index in [1.807, 2.05) is 35.7 Å². The summed E-state index contributed by atoms with van der Waals surface area (Å²) in [5, 5.41) is 2.67. The van der Waals surface area contributed by atoms with Gasteiger partial charge >= 0.3 is 0 Å². The van der Waals surface area contributed by atoms with Gasteiger partial charge in [-0.2, -0.15) is 0 Å². The summed E-state index contributed by atoms with van der Waals surface area (Å²) in [6.07, 6.45) is 1.99. The molecule has 0 saturated heterocycles. The molecule has 2 aromatic rings. The summed E-state index contributed by atoms with van der Waals surface area (Å²) in [5.41, 5.74) is 6.01. The smallest absolute Gasteiger partial charge is 0.163 e. The summed E-state index contributed by atoms with van der Waals surface area (Å²) >= 11 is 1.48. The molecule has 0 fully saturated rings. The molecule has 0 saturated carbocycles. The number of nitrogens with two attached hydrogens (primary N) is 1. The van der Waals surface area contributed by atoms with E-state index in [2.05, 4.69) is 4.98 Å². The van der Waals surface area contributed by atoms with E-state index in [-0.39, 0.29) is 5.78 Å². The van der Waals surface area contributed by atoms with Crippen molar-refractivity contribution in [1.29, 1.82) is 0 Å². The standard InChI is InChI=1S/C13H14N2OS/c1-13(14,10-5-3-2-4-6-10)11(16)9-12-15-7-8-17-12/h2-8H,9,14H2,1H3. The molecule has 2 rings (SSSR count). The molecule has 0 aliphatic carbocycles. The molecular weight excluding hydrogens is 232 g/mol. The van der Waals surface area contributed by atoms with E-state index < -0.39 is 5.54 Å². The number of carbonyl (C=O) groups is 1. The highest BCUT2D eigenvalue weighted by molar-refractivity contribution is 7.09. The van der Waals surface area contributed by atoms with Crippen LogP contribution in [0.2, 0.25) is 0 Å². The molecule has 0 bridgehead atoms. The van der Waals surface area contributed by atoms with Gasteiger partial charge in [0.15, 0.2) is 5.78 Å². The van der Waals surface area contributed by atoms with Crippen LogP contribution < -0.4 is 5.73 Å². The van der Waals surface area contributed by atoms with Gasteiger partial charge in [0.1, 0.15) is 0 Å². The Kier molecular flexibility index (Phi) is 3.36. The van der Waals surface area contributed by atoms with Crippen molar-refractivity contribution >= 4 is 17.1 Å². The van der Waals surface area contributed by atoms with Crippen LogP contribution in [0.15, 0.2) is 41.9 Å². The Bertz CT molecular complexity index is 491. The molecule has 0 aliphatic heterocycles. The van der Waals surface area contributed by atoms with Gasteiger partial charge in [0.2, 0.25) is 0 Å². The molecule has 4 heteroatoms. The summed E-state index contributed by atoms with van der Waals surface area (Å²) in [4.78, 5) is 16.3. The van der Waals surface area contributed by atoms with E-state index in [0.29, 0.717) is 6.42 Å². The average Bonchev–Trinajstić information content (AvgIpc) is 2.83. The van der Waals surface area contributed by atoms with E-state index >= 15 is 0 Å². The zero-order chi connectivity index (χ0) is 12.3. The minimum Gasteiger partial charge on any atom is -0.315 e. The molecule has 0 spiro atoms. The number of ketones is 1. The van der Waals surface area contributed by atoms with E-state index in [1.165, 1.54) is 11.3 Å². The molecule has 1 unspecified atom stereocenters. The van der Waals surface area contributed by atoms with Crippen LogP contribution in [0.1, 0.15) is 17.5 Å². The molecule has 3 nitrogen and oxygen atoms in total. The van der Waals surface area contributed by atoms with Gasteiger partial charge < -0.3 is 5.73 Å². The second kappa shape index (κ2) is 4.77. The summed E-state index contributed by atoms with van der Waals surface area (Å²) in [6, 6.07) is 9.43. The Labute approximate surface area is 104 Å². The van der Waals surface area contributed by atoms with Crippen LogP contribution in [0, 0.1) is 0 Å². The fraction of sp³-hybridized carbons (Fsp3) is 0.231. The number of thiazole rings is 1. The molecule has 0 aliphatic rings. The summed E-state index contributed by atoms with van der Waals surface area (Å²) in [7, 11) is 0. The third-order valence-electron chi connectivity index (χ3n) is 2.75. The van der Waals surface area contributed by atoms with Crippen LogP contribution in [0.3, 0.4) is 0 Å². The van der Waals surface area contributed by atoms with E-state index in [1.54, 1.807) is 13.1 Å².